The first-order valence-electron chi connectivity index (χ1n) is 9.89. The zero-order valence-corrected chi connectivity index (χ0v) is 15.6. The first-order valence-corrected chi connectivity index (χ1v) is 9.89. The fourth-order valence-corrected chi connectivity index (χ4v) is 4.60. The van der Waals surface area contributed by atoms with Crippen LogP contribution in [0.3, 0.4) is 0 Å². The van der Waals surface area contributed by atoms with E-state index in [2.05, 4.69) is 59.5 Å². The number of quaternary nitrogens is 1. The molecule has 0 amide bonds. The molecule has 3 aliphatic rings. The van der Waals surface area contributed by atoms with Gasteiger partial charge < -0.3 is 9.80 Å². The summed E-state index contributed by atoms with van der Waals surface area (Å²) in [5, 5.41) is 18.3. The minimum atomic E-state index is 0.283. The Morgan fingerprint density at radius 2 is 1.67 bits per heavy atom. The molecule has 1 atom stereocenters. The molecule has 1 aromatic carbocycles. The molecule has 136 valence electrons. The van der Waals surface area contributed by atoms with Crippen LogP contribution in [-0.4, -0.2) is 26.2 Å². The van der Waals surface area contributed by atoms with Gasteiger partial charge in [0, 0.05) is 12.1 Å². The van der Waals surface area contributed by atoms with Crippen molar-refractivity contribution in [2.75, 3.05) is 31.1 Å². The van der Waals surface area contributed by atoms with Crippen molar-refractivity contribution in [2.45, 2.75) is 25.7 Å². The van der Waals surface area contributed by atoms with E-state index in [0.29, 0.717) is 5.92 Å². The molecule has 0 radical (unpaired) electrons. The maximum atomic E-state index is 9.17. The van der Waals surface area contributed by atoms with Crippen molar-refractivity contribution < 1.29 is 4.90 Å². The van der Waals surface area contributed by atoms with Crippen LogP contribution in [0.4, 0.5) is 5.69 Å². The zero-order chi connectivity index (χ0) is 18.6. The molecular weight excluding hydrogens is 332 g/mol. The number of nitrogens with one attached hydrogen (secondary N) is 1. The number of rotatable bonds is 2. The Balaban J connectivity index is 1.49. The summed E-state index contributed by atoms with van der Waals surface area (Å²) in [6.45, 7) is 4.42. The number of hydrogen-bond donors (Lipinski definition) is 1. The van der Waals surface area contributed by atoms with Gasteiger partial charge in [-0.05, 0) is 54.5 Å². The zero-order valence-electron chi connectivity index (χ0n) is 15.6. The first-order chi connectivity index (χ1) is 13.3. The summed E-state index contributed by atoms with van der Waals surface area (Å²) in [5.74, 6) is 0.598. The van der Waals surface area contributed by atoms with Crippen LogP contribution in [0.15, 0.2) is 64.9 Å². The van der Waals surface area contributed by atoms with Crippen molar-refractivity contribution in [1.82, 2.24) is 0 Å². The fourth-order valence-electron chi connectivity index (χ4n) is 4.60. The molecular formula is C23H25N4+. The summed E-state index contributed by atoms with van der Waals surface area (Å²) in [6, 6.07) is 14.8. The predicted molar refractivity (Wildman–Crippen MR) is 106 cm³/mol. The van der Waals surface area contributed by atoms with E-state index in [4.69, 9.17) is 10.5 Å². The van der Waals surface area contributed by atoms with E-state index in [9.17, 15) is 0 Å². The molecule has 0 unspecified atom stereocenters. The number of anilines is 1. The maximum Gasteiger partial charge on any atom is 0.132 e. The van der Waals surface area contributed by atoms with Crippen LogP contribution in [0.1, 0.15) is 25.7 Å². The van der Waals surface area contributed by atoms with Crippen molar-refractivity contribution in [1.29, 1.82) is 10.5 Å². The number of nitrogens with zero attached hydrogens (tertiary/aromatic N) is 3. The van der Waals surface area contributed by atoms with Crippen LogP contribution >= 0.6 is 0 Å². The van der Waals surface area contributed by atoms with Gasteiger partial charge in [0.25, 0.3) is 0 Å². The van der Waals surface area contributed by atoms with Gasteiger partial charge in [-0.15, -0.1) is 0 Å². The number of benzene rings is 1. The first kappa shape index (κ1) is 17.6. The van der Waals surface area contributed by atoms with Crippen LogP contribution in [-0.2, 0) is 0 Å². The molecule has 4 rings (SSSR count). The largest absolute Gasteiger partial charge is 0.360 e. The van der Waals surface area contributed by atoms with E-state index in [1.54, 1.807) is 4.90 Å². The molecule has 27 heavy (non-hydrogen) atoms. The van der Waals surface area contributed by atoms with Gasteiger partial charge in [-0.3, -0.25) is 0 Å². The number of hydrogen-bond acceptors (Lipinski definition) is 3. The van der Waals surface area contributed by atoms with Crippen molar-refractivity contribution in [3.8, 4) is 12.1 Å². The Morgan fingerprint density at radius 3 is 2.37 bits per heavy atom. The van der Waals surface area contributed by atoms with Gasteiger partial charge in [0.1, 0.15) is 23.4 Å². The minimum Gasteiger partial charge on any atom is -0.360 e. The molecule has 1 N–H and O–H groups in total. The summed E-state index contributed by atoms with van der Waals surface area (Å²) in [6.07, 6.45) is 8.78. The van der Waals surface area contributed by atoms with E-state index < -0.39 is 0 Å². The minimum absolute atomic E-state index is 0.283. The maximum absolute atomic E-state index is 9.17. The van der Waals surface area contributed by atoms with Crippen molar-refractivity contribution >= 4 is 5.69 Å². The van der Waals surface area contributed by atoms with Gasteiger partial charge in [-0.1, -0.05) is 24.3 Å². The van der Waals surface area contributed by atoms with E-state index in [1.807, 2.05) is 0 Å². The fraction of sp³-hybridized carbons (Fsp3) is 0.391. The predicted octanol–water partition coefficient (Wildman–Crippen LogP) is 2.75. The normalized spacial score (nSPS) is 22.8. The average molecular weight is 357 g/mol. The van der Waals surface area contributed by atoms with E-state index in [0.717, 1.165) is 44.6 Å². The van der Waals surface area contributed by atoms with Crippen LogP contribution in [0, 0.1) is 28.6 Å². The van der Waals surface area contributed by atoms with Gasteiger partial charge in [0.15, 0.2) is 0 Å². The second-order valence-corrected chi connectivity index (χ2v) is 7.64. The van der Waals surface area contributed by atoms with Crippen molar-refractivity contribution in [3.63, 3.8) is 0 Å². The van der Waals surface area contributed by atoms with Crippen LogP contribution < -0.4 is 9.80 Å². The van der Waals surface area contributed by atoms with Gasteiger partial charge >= 0.3 is 0 Å². The highest BCUT2D eigenvalue weighted by Gasteiger charge is 2.30. The Labute approximate surface area is 161 Å². The Morgan fingerprint density at radius 1 is 0.963 bits per heavy atom. The molecule has 1 saturated heterocycles. The quantitative estimate of drug-likeness (QED) is 0.828. The third-order valence-corrected chi connectivity index (χ3v) is 6.16. The summed E-state index contributed by atoms with van der Waals surface area (Å²) in [4.78, 5) is 4.07. The molecule has 1 heterocycles. The standard InChI is InChI=1S/C23H24N4/c24-16-21(17-25)19-7-6-18-8-9-23(15-20(18)14-19)27-12-10-26(11-13-27)22-4-2-1-3-5-22/h1-5,14-15,18H,6-13H2/p+1/t18-/m0/s1. The molecule has 1 aromatic rings. The smallest absolute Gasteiger partial charge is 0.132 e. The Hall–Kier alpha value is -2.82. The van der Waals surface area contributed by atoms with E-state index in [-0.39, 0.29) is 5.57 Å². The molecule has 4 nitrogen and oxygen atoms in total. The third kappa shape index (κ3) is 3.68. The number of fused-ring (bicyclic) bond motifs is 1. The molecule has 0 bridgehead atoms. The van der Waals surface area contributed by atoms with Crippen LogP contribution in [0.25, 0.3) is 0 Å². The molecule has 4 heteroatoms. The van der Waals surface area contributed by atoms with Gasteiger partial charge in [0.05, 0.1) is 26.2 Å². The number of piperazine rings is 1. The van der Waals surface area contributed by atoms with Gasteiger partial charge in [-0.25, -0.2) is 0 Å². The lowest BCUT2D eigenvalue weighted by molar-refractivity contribution is -0.863. The van der Waals surface area contributed by atoms with Crippen LogP contribution in [0.2, 0.25) is 0 Å². The number of nitriles is 2. The summed E-state index contributed by atoms with van der Waals surface area (Å²) in [5.41, 5.74) is 5.36. The SMILES string of the molecule is N#CC(C#N)=C1C=C2C=C([NH+]3CCN(c4ccccc4)CC3)CC[C@@H]2CC1. The van der Waals surface area contributed by atoms with E-state index >= 15 is 0 Å². The topological polar surface area (TPSA) is 55.3 Å². The summed E-state index contributed by atoms with van der Waals surface area (Å²) < 4.78 is 0. The lowest BCUT2D eigenvalue weighted by Crippen LogP contribution is -3.13. The number of para-hydroxylation sites is 1. The summed E-state index contributed by atoms with van der Waals surface area (Å²) >= 11 is 0. The average Bonchev–Trinajstić information content (AvgIpc) is 2.75. The summed E-state index contributed by atoms with van der Waals surface area (Å²) in [7, 11) is 0. The number of allylic oxidation sites excluding steroid dienone is 6. The highest BCUT2D eigenvalue weighted by Crippen LogP contribution is 2.37. The highest BCUT2D eigenvalue weighted by molar-refractivity contribution is 5.49. The Kier molecular flexibility index (Phi) is 5.10. The second kappa shape index (κ2) is 7.82. The van der Waals surface area contributed by atoms with Gasteiger partial charge in [-0.2, -0.15) is 10.5 Å². The molecule has 0 aromatic heterocycles. The molecule has 2 aliphatic carbocycles. The monoisotopic (exact) mass is 357 g/mol. The lowest BCUT2D eigenvalue weighted by Gasteiger charge is -2.37. The van der Waals surface area contributed by atoms with Crippen molar-refractivity contribution in [2.24, 2.45) is 5.92 Å². The molecule has 1 aliphatic heterocycles. The van der Waals surface area contributed by atoms with E-state index in [1.165, 1.54) is 29.8 Å². The highest BCUT2D eigenvalue weighted by atomic mass is 15.3. The molecule has 1 fully saturated rings. The second-order valence-electron chi connectivity index (χ2n) is 7.64. The van der Waals surface area contributed by atoms with Gasteiger partial charge in [0.2, 0.25) is 0 Å². The van der Waals surface area contributed by atoms with Crippen molar-refractivity contribution in [3.05, 3.63) is 64.9 Å². The molecule has 0 saturated carbocycles. The third-order valence-electron chi connectivity index (χ3n) is 6.16. The van der Waals surface area contributed by atoms with Crippen LogP contribution in [0.5, 0.6) is 0 Å². The Bertz CT molecular complexity index is 855. The lowest BCUT2D eigenvalue weighted by atomic mass is 9.77. The molecule has 0 spiro atoms.